The molecule has 0 saturated carbocycles. The lowest BCUT2D eigenvalue weighted by molar-refractivity contribution is -0.154. The van der Waals surface area contributed by atoms with E-state index in [1.165, 1.54) is 0 Å². The van der Waals surface area contributed by atoms with Crippen LogP contribution in [0.3, 0.4) is 0 Å². The summed E-state index contributed by atoms with van der Waals surface area (Å²) in [7, 11) is 0. The van der Waals surface area contributed by atoms with Crippen LogP contribution >= 0.6 is 0 Å². The molecule has 0 aliphatic heterocycles. The van der Waals surface area contributed by atoms with Crippen molar-refractivity contribution in [1.82, 2.24) is 0 Å². The number of unbranched alkanes of at least 4 members (excludes halogenated alkanes) is 3. The van der Waals surface area contributed by atoms with Crippen LogP contribution in [-0.4, -0.2) is 36.4 Å². The molecule has 1 atom stereocenters. The summed E-state index contributed by atoms with van der Waals surface area (Å²) in [6.45, 7) is 12.2. The first-order chi connectivity index (χ1) is 12.6. The minimum Gasteiger partial charge on any atom is -0.466 e. The Morgan fingerprint density at radius 1 is 0.741 bits per heavy atom. The van der Waals surface area contributed by atoms with Gasteiger partial charge in [-0.15, -0.1) is 0 Å². The predicted molar refractivity (Wildman–Crippen MR) is 108 cm³/mol. The average molecular weight is 387 g/mol. The van der Waals surface area contributed by atoms with Gasteiger partial charge in [0.15, 0.2) is 0 Å². The maximum atomic E-state index is 11.8. The normalized spacial score (nSPS) is 13.3. The zero-order valence-electron chi connectivity index (χ0n) is 18.4. The number of ether oxygens (including phenoxy) is 2. The van der Waals surface area contributed by atoms with E-state index in [1.54, 1.807) is 0 Å². The Labute approximate surface area is 166 Å². The Morgan fingerprint density at radius 3 is 1.52 bits per heavy atom. The van der Waals surface area contributed by atoms with Crippen molar-refractivity contribution >= 4 is 11.9 Å². The van der Waals surface area contributed by atoms with Gasteiger partial charge in [-0.1, -0.05) is 32.1 Å². The SMILES string of the molecule is CCOC(=O)C(C)(C)CCCCCC(O)CCCCC(C)(C)C(=O)OCC. The third-order valence-electron chi connectivity index (χ3n) is 5.08. The molecule has 0 aromatic rings. The van der Waals surface area contributed by atoms with Crippen LogP contribution in [0.5, 0.6) is 0 Å². The minimum atomic E-state index is -0.452. The number of rotatable bonds is 15. The second kappa shape index (κ2) is 13.1. The smallest absolute Gasteiger partial charge is 0.311 e. The van der Waals surface area contributed by atoms with Crippen molar-refractivity contribution in [1.29, 1.82) is 0 Å². The Hall–Kier alpha value is -1.10. The first-order valence-corrected chi connectivity index (χ1v) is 10.6. The average Bonchev–Trinajstić information content (AvgIpc) is 2.58. The van der Waals surface area contributed by atoms with E-state index in [1.807, 2.05) is 41.5 Å². The van der Waals surface area contributed by atoms with Crippen molar-refractivity contribution in [2.45, 2.75) is 105 Å². The molecule has 1 unspecified atom stereocenters. The van der Waals surface area contributed by atoms with Crippen molar-refractivity contribution in [3.63, 3.8) is 0 Å². The van der Waals surface area contributed by atoms with E-state index in [2.05, 4.69) is 0 Å². The number of carbonyl (C=O) groups excluding carboxylic acids is 2. The molecule has 0 amide bonds. The molecular formula is C22H42O5. The molecule has 0 spiro atoms. The number of aliphatic hydroxyl groups excluding tert-OH is 1. The quantitative estimate of drug-likeness (QED) is 0.315. The van der Waals surface area contributed by atoms with Gasteiger partial charge in [-0.25, -0.2) is 0 Å². The molecule has 1 N–H and O–H groups in total. The van der Waals surface area contributed by atoms with Crippen LogP contribution in [0.1, 0.15) is 99.3 Å². The number of hydrogen-bond donors (Lipinski definition) is 1. The maximum Gasteiger partial charge on any atom is 0.311 e. The van der Waals surface area contributed by atoms with Gasteiger partial charge in [-0.2, -0.15) is 0 Å². The Morgan fingerprint density at radius 2 is 1.11 bits per heavy atom. The molecule has 0 aliphatic rings. The van der Waals surface area contributed by atoms with E-state index in [4.69, 9.17) is 9.47 Å². The molecule has 0 fully saturated rings. The third kappa shape index (κ3) is 11.4. The van der Waals surface area contributed by atoms with Gasteiger partial charge in [-0.3, -0.25) is 9.59 Å². The van der Waals surface area contributed by atoms with Crippen molar-refractivity contribution in [3.8, 4) is 0 Å². The van der Waals surface area contributed by atoms with Crippen molar-refractivity contribution in [3.05, 3.63) is 0 Å². The minimum absolute atomic E-state index is 0.129. The highest BCUT2D eigenvalue weighted by Gasteiger charge is 2.29. The van der Waals surface area contributed by atoms with Gasteiger partial charge in [0.25, 0.3) is 0 Å². The van der Waals surface area contributed by atoms with Gasteiger partial charge in [0, 0.05) is 0 Å². The van der Waals surface area contributed by atoms with Gasteiger partial charge in [0.2, 0.25) is 0 Å². The second-order valence-electron chi connectivity index (χ2n) is 8.71. The first kappa shape index (κ1) is 25.9. The van der Waals surface area contributed by atoms with Crippen molar-refractivity contribution < 1.29 is 24.2 Å². The fourth-order valence-corrected chi connectivity index (χ4v) is 3.07. The summed E-state index contributed by atoms with van der Waals surface area (Å²) in [4.78, 5) is 23.7. The van der Waals surface area contributed by atoms with Crippen LogP contribution in [-0.2, 0) is 19.1 Å². The number of carbonyl (C=O) groups is 2. The van der Waals surface area contributed by atoms with E-state index in [0.717, 1.165) is 57.8 Å². The first-order valence-electron chi connectivity index (χ1n) is 10.6. The Kier molecular flexibility index (Phi) is 12.6. The summed E-state index contributed by atoms with van der Waals surface area (Å²) in [5.41, 5.74) is -0.882. The molecule has 0 heterocycles. The number of esters is 2. The summed E-state index contributed by atoms with van der Waals surface area (Å²) in [5, 5.41) is 10.1. The van der Waals surface area contributed by atoms with Crippen LogP contribution in [0.4, 0.5) is 0 Å². The number of aliphatic hydroxyl groups is 1. The molecule has 0 aromatic heterocycles. The molecule has 0 saturated heterocycles. The highest BCUT2D eigenvalue weighted by atomic mass is 16.5. The summed E-state index contributed by atoms with van der Waals surface area (Å²) in [6, 6.07) is 0. The van der Waals surface area contributed by atoms with Gasteiger partial charge in [0.05, 0.1) is 30.1 Å². The standard InChI is InChI=1S/C22H42O5/c1-7-26-19(24)21(3,4)16-12-9-10-14-18(23)15-11-13-17-22(5,6)20(25)27-8-2/h18,23H,7-17H2,1-6H3. The monoisotopic (exact) mass is 386 g/mol. The number of hydrogen-bond acceptors (Lipinski definition) is 5. The van der Waals surface area contributed by atoms with Crippen LogP contribution < -0.4 is 0 Å². The van der Waals surface area contributed by atoms with Gasteiger partial charge in [0.1, 0.15) is 0 Å². The van der Waals surface area contributed by atoms with E-state index in [9.17, 15) is 14.7 Å². The molecule has 0 aliphatic carbocycles. The zero-order chi connectivity index (χ0) is 20.9. The summed E-state index contributed by atoms with van der Waals surface area (Å²) in [6.07, 6.45) is 7.64. The summed E-state index contributed by atoms with van der Waals surface area (Å²) >= 11 is 0. The van der Waals surface area contributed by atoms with E-state index in [-0.39, 0.29) is 18.0 Å². The lowest BCUT2D eigenvalue weighted by Gasteiger charge is -2.22. The topological polar surface area (TPSA) is 72.8 Å². The fraction of sp³-hybridized carbons (Fsp3) is 0.909. The van der Waals surface area contributed by atoms with Crippen LogP contribution in [0.15, 0.2) is 0 Å². The lowest BCUT2D eigenvalue weighted by atomic mass is 9.86. The van der Waals surface area contributed by atoms with Crippen molar-refractivity contribution in [2.24, 2.45) is 10.8 Å². The van der Waals surface area contributed by atoms with E-state index < -0.39 is 10.8 Å². The molecule has 0 rings (SSSR count). The van der Waals surface area contributed by atoms with Gasteiger partial charge in [-0.05, 0) is 67.2 Å². The Balaban J connectivity index is 3.83. The maximum absolute atomic E-state index is 11.8. The molecular weight excluding hydrogens is 344 g/mol. The molecule has 0 bridgehead atoms. The molecule has 5 nitrogen and oxygen atoms in total. The van der Waals surface area contributed by atoms with Crippen LogP contribution in [0, 0.1) is 10.8 Å². The molecule has 160 valence electrons. The second-order valence-corrected chi connectivity index (χ2v) is 8.71. The van der Waals surface area contributed by atoms with E-state index >= 15 is 0 Å². The third-order valence-corrected chi connectivity index (χ3v) is 5.08. The van der Waals surface area contributed by atoms with Gasteiger partial charge < -0.3 is 14.6 Å². The summed E-state index contributed by atoms with van der Waals surface area (Å²) in [5.74, 6) is -0.271. The molecule has 27 heavy (non-hydrogen) atoms. The Bertz CT molecular complexity index is 428. The lowest BCUT2D eigenvalue weighted by Crippen LogP contribution is -2.26. The largest absolute Gasteiger partial charge is 0.466 e. The van der Waals surface area contributed by atoms with E-state index in [0.29, 0.717) is 13.2 Å². The fourth-order valence-electron chi connectivity index (χ4n) is 3.07. The highest BCUT2D eigenvalue weighted by Crippen LogP contribution is 2.27. The van der Waals surface area contributed by atoms with Crippen LogP contribution in [0.2, 0.25) is 0 Å². The van der Waals surface area contributed by atoms with Crippen LogP contribution in [0.25, 0.3) is 0 Å². The highest BCUT2D eigenvalue weighted by molar-refractivity contribution is 5.76. The molecule has 5 heteroatoms. The molecule has 0 aromatic carbocycles. The predicted octanol–water partition coefficient (Wildman–Crippen LogP) is 5.04. The van der Waals surface area contributed by atoms with Crippen molar-refractivity contribution in [2.75, 3.05) is 13.2 Å². The molecule has 0 radical (unpaired) electrons. The zero-order valence-corrected chi connectivity index (χ0v) is 18.4. The van der Waals surface area contributed by atoms with Gasteiger partial charge >= 0.3 is 11.9 Å². The summed E-state index contributed by atoms with van der Waals surface area (Å²) < 4.78 is 10.2.